The molecule has 23 heavy (non-hydrogen) atoms. The monoisotopic (exact) mass is 314 g/mol. The molecule has 1 fully saturated rings. The predicted molar refractivity (Wildman–Crippen MR) is 83.0 cm³/mol. The van der Waals surface area contributed by atoms with Gasteiger partial charge in [0.1, 0.15) is 18.0 Å². The van der Waals surface area contributed by atoms with E-state index in [-0.39, 0.29) is 17.7 Å². The first kappa shape index (κ1) is 15.7. The largest absolute Gasteiger partial charge is 0.372 e. The highest BCUT2D eigenvalue weighted by Crippen LogP contribution is 2.31. The molecule has 3 rings (SSSR count). The number of aromatic nitrogens is 2. The fourth-order valence-corrected chi connectivity index (χ4v) is 3.02. The highest BCUT2D eigenvalue weighted by Gasteiger charge is 2.31. The fourth-order valence-electron chi connectivity index (χ4n) is 3.02. The third-order valence-corrected chi connectivity index (χ3v) is 4.17. The number of nitrogens with one attached hydrogen (secondary N) is 1. The minimum Gasteiger partial charge on any atom is -0.372 e. The summed E-state index contributed by atoms with van der Waals surface area (Å²) < 4.78 is 21.0. The summed E-state index contributed by atoms with van der Waals surface area (Å²) in [5.74, 6) is -0.482. The first-order chi connectivity index (χ1) is 11.1. The molecule has 1 aliphatic heterocycles. The van der Waals surface area contributed by atoms with Crippen molar-refractivity contribution in [3.05, 3.63) is 52.6 Å². The summed E-state index contributed by atoms with van der Waals surface area (Å²) in [7, 11) is 1.90. The Morgan fingerprint density at radius 3 is 3.04 bits per heavy atom. The maximum absolute atomic E-state index is 13.4. The third-order valence-electron chi connectivity index (χ3n) is 4.17. The zero-order valence-electron chi connectivity index (χ0n) is 13.2. The van der Waals surface area contributed by atoms with E-state index < -0.39 is 5.82 Å². The number of nitriles is 1. The van der Waals surface area contributed by atoms with Crippen LogP contribution in [0.5, 0.6) is 0 Å². The lowest BCUT2D eigenvalue weighted by molar-refractivity contribution is 0.0979. The van der Waals surface area contributed by atoms with Gasteiger partial charge in [-0.05, 0) is 31.0 Å². The number of hydrogen-bond acceptors (Lipinski definition) is 4. The van der Waals surface area contributed by atoms with E-state index in [0.29, 0.717) is 13.2 Å². The molecule has 2 atom stereocenters. The molecular weight excluding hydrogens is 295 g/mol. The molecule has 0 spiro atoms. The van der Waals surface area contributed by atoms with Crippen molar-refractivity contribution in [2.75, 3.05) is 6.61 Å². The normalized spacial score (nSPS) is 20.6. The highest BCUT2D eigenvalue weighted by molar-refractivity contribution is 5.34. The summed E-state index contributed by atoms with van der Waals surface area (Å²) in [6.45, 7) is 3.25. The molecule has 6 heteroatoms. The van der Waals surface area contributed by atoms with Crippen LogP contribution in [0, 0.1) is 24.1 Å². The standard InChI is InChI=1S/C17H19FN4O/c1-11-14(10-22(2)21-11)17-16(5-6-23-17)20-9-12-3-4-15(18)13(7-12)8-19/h3-4,7,10,16-17,20H,5-6,9H2,1-2H3/t16-,17+/m0/s1. The van der Waals surface area contributed by atoms with Crippen LogP contribution in [-0.2, 0) is 18.3 Å². The number of hydrogen-bond donors (Lipinski definition) is 1. The molecule has 1 aromatic heterocycles. The van der Waals surface area contributed by atoms with Gasteiger partial charge in [-0.25, -0.2) is 4.39 Å². The van der Waals surface area contributed by atoms with E-state index in [1.54, 1.807) is 16.8 Å². The maximum atomic E-state index is 13.4. The van der Waals surface area contributed by atoms with Gasteiger partial charge in [0, 0.05) is 38.0 Å². The van der Waals surface area contributed by atoms with E-state index in [2.05, 4.69) is 10.4 Å². The first-order valence-corrected chi connectivity index (χ1v) is 7.62. The summed E-state index contributed by atoms with van der Waals surface area (Å²) in [6.07, 6.45) is 2.87. The number of ether oxygens (including phenoxy) is 1. The lowest BCUT2D eigenvalue weighted by atomic mass is 10.0. The molecule has 1 saturated heterocycles. The average molecular weight is 314 g/mol. The number of rotatable bonds is 4. The molecule has 1 aromatic carbocycles. The Balaban J connectivity index is 1.70. The smallest absolute Gasteiger partial charge is 0.140 e. The first-order valence-electron chi connectivity index (χ1n) is 7.62. The van der Waals surface area contributed by atoms with E-state index in [0.717, 1.165) is 23.2 Å². The number of aryl methyl sites for hydroxylation is 2. The van der Waals surface area contributed by atoms with Crippen molar-refractivity contribution in [1.29, 1.82) is 5.26 Å². The summed E-state index contributed by atoms with van der Waals surface area (Å²) in [5, 5.41) is 16.7. The number of halogens is 1. The van der Waals surface area contributed by atoms with Gasteiger partial charge in [0.2, 0.25) is 0 Å². The van der Waals surface area contributed by atoms with Gasteiger partial charge in [0.25, 0.3) is 0 Å². The molecule has 1 N–H and O–H groups in total. The number of nitrogens with zero attached hydrogens (tertiary/aromatic N) is 3. The zero-order chi connectivity index (χ0) is 16.4. The van der Waals surface area contributed by atoms with Gasteiger partial charge in [-0.15, -0.1) is 0 Å². The van der Waals surface area contributed by atoms with Gasteiger partial charge in [-0.1, -0.05) is 6.07 Å². The molecule has 0 unspecified atom stereocenters. The van der Waals surface area contributed by atoms with E-state index in [1.165, 1.54) is 6.07 Å². The lowest BCUT2D eigenvalue weighted by Crippen LogP contribution is -2.31. The van der Waals surface area contributed by atoms with E-state index in [4.69, 9.17) is 10.00 Å². The minimum absolute atomic E-state index is 0.0282. The topological polar surface area (TPSA) is 62.9 Å². The lowest BCUT2D eigenvalue weighted by Gasteiger charge is -2.19. The second-order valence-electron chi connectivity index (χ2n) is 5.84. The van der Waals surface area contributed by atoms with Crippen LogP contribution in [0.2, 0.25) is 0 Å². The molecule has 2 heterocycles. The minimum atomic E-state index is -0.482. The highest BCUT2D eigenvalue weighted by atomic mass is 19.1. The Kier molecular flexibility index (Phi) is 4.42. The van der Waals surface area contributed by atoms with Crippen LogP contribution in [0.25, 0.3) is 0 Å². The van der Waals surface area contributed by atoms with Crippen LogP contribution in [0.15, 0.2) is 24.4 Å². The molecule has 0 amide bonds. The van der Waals surface area contributed by atoms with Crippen molar-refractivity contribution in [3.63, 3.8) is 0 Å². The van der Waals surface area contributed by atoms with E-state index >= 15 is 0 Å². The van der Waals surface area contributed by atoms with Crippen molar-refractivity contribution in [2.45, 2.75) is 32.0 Å². The zero-order valence-corrected chi connectivity index (χ0v) is 13.2. The van der Waals surface area contributed by atoms with Crippen LogP contribution >= 0.6 is 0 Å². The van der Waals surface area contributed by atoms with Gasteiger partial charge >= 0.3 is 0 Å². The average Bonchev–Trinajstić information content (AvgIpc) is 3.12. The van der Waals surface area contributed by atoms with Crippen LogP contribution in [-0.4, -0.2) is 22.4 Å². The van der Waals surface area contributed by atoms with E-state index in [9.17, 15) is 4.39 Å². The van der Waals surface area contributed by atoms with Gasteiger partial charge < -0.3 is 10.1 Å². The van der Waals surface area contributed by atoms with Crippen LogP contribution in [0.1, 0.15) is 34.9 Å². The van der Waals surface area contributed by atoms with Crippen molar-refractivity contribution >= 4 is 0 Å². The van der Waals surface area contributed by atoms with Gasteiger partial charge in [0.15, 0.2) is 0 Å². The molecule has 2 aromatic rings. The van der Waals surface area contributed by atoms with Crippen LogP contribution in [0.3, 0.4) is 0 Å². The van der Waals surface area contributed by atoms with Gasteiger partial charge in [0.05, 0.1) is 11.3 Å². The molecular formula is C17H19FN4O. The Hall–Kier alpha value is -2.23. The van der Waals surface area contributed by atoms with Gasteiger partial charge in [-0.2, -0.15) is 10.4 Å². The molecule has 0 saturated carbocycles. The van der Waals surface area contributed by atoms with Crippen molar-refractivity contribution in [1.82, 2.24) is 15.1 Å². The summed E-state index contributed by atoms with van der Waals surface area (Å²) in [6, 6.07) is 6.66. The predicted octanol–water partition coefficient (Wildman–Crippen LogP) is 2.36. The molecule has 0 radical (unpaired) electrons. The van der Waals surface area contributed by atoms with Crippen molar-refractivity contribution in [2.24, 2.45) is 7.05 Å². The Morgan fingerprint density at radius 2 is 2.35 bits per heavy atom. The second kappa shape index (κ2) is 6.49. The van der Waals surface area contributed by atoms with Crippen LogP contribution < -0.4 is 5.32 Å². The second-order valence-corrected chi connectivity index (χ2v) is 5.84. The van der Waals surface area contributed by atoms with Gasteiger partial charge in [-0.3, -0.25) is 4.68 Å². The number of benzene rings is 1. The van der Waals surface area contributed by atoms with E-state index in [1.807, 2.05) is 26.2 Å². The van der Waals surface area contributed by atoms with Crippen molar-refractivity contribution < 1.29 is 9.13 Å². The summed E-state index contributed by atoms with van der Waals surface area (Å²) in [5.41, 5.74) is 3.03. The van der Waals surface area contributed by atoms with Crippen LogP contribution in [0.4, 0.5) is 4.39 Å². The SMILES string of the molecule is Cc1nn(C)cc1[C@H]1OCC[C@@H]1NCc1ccc(F)c(C#N)c1. The Morgan fingerprint density at radius 1 is 1.52 bits per heavy atom. The van der Waals surface area contributed by atoms with Crippen molar-refractivity contribution in [3.8, 4) is 6.07 Å². The molecule has 0 aliphatic carbocycles. The molecule has 0 bridgehead atoms. The maximum Gasteiger partial charge on any atom is 0.140 e. The fraction of sp³-hybridized carbons (Fsp3) is 0.412. The summed E-state index contributed by atoms with van der Waals surface area (Å²) >= 11 is 0. The Labute approximate surface area is 134 Å². The Bertz CT molecular complexity index is 750. The third kappa shape index (κ3) is 3.26. The molecule has 1 aliphatic rings. The summed E-state index contributed by atoms with van der Waals surface area (Å²) in [4.78, 5) is 0. The quantitative estimate of drug-likeness (QED) is 0.941. The molecule has 5 nitrogen and oxygen atoms in total. The molecule has 120 valence electrons.